The quantitative estimate of drug-likeness (QED) is 0.274. The fraction of sp³-hybridized carbons (Fsp3) is 0.370. The van der Waals surface area contributed by atoms with Crippen LogP contribution in [0.2, 0.25) is 0 Å². The number of para-hydroxylation sites is 1. The lowest BCUT2D eigenvalue weighted by atomic mass is 10.2. The van der Waals surface area contributed by atoms with Crippen LogP contribution < -0.4 is 9.47 Å². The maximum Gasteiger partial charge on any atom is 0.227 e. The van der Waals surface area contributed by atoms with Gasteiger partial charge in [0.1, 0.15) is 11.5 Å². The Labute approximate surface area is 202 Å². The zero-order chi connectivity index (χ0) is 24.3. The second kappa shape index (κ2) is 12.9. The monoisotopic (exact) mass is 465 g/mol. The maximum absolute atomic E-state index is 10.5. The molecule has 0 aliphatic carbocycles. The van der Waals surface area contributed by atoms with Crippen LogP contribution in [0.15, 0.2) is 67.3 Å². The van der Waals surface area contributed by atoms with Gasteiger partial charge in [-0.25, -0.2) is 4.68 Å². The van der Waals surface area contributed by atoms with E-state index in [0.717, 1.165) is 35.7 Å². The van der Waals surface area contributed by atoms with Gasteiger partial charge in [-0.05, 0) is 56.3 Å². The van der Waals surface area contributed by atoms with E-state index < -0.39 is 6.10 Å². The van der Waals surface area contributed by atoms with E-state index in [9.17, 15) is 5.11 Å². The first kappa shape index (κ1) is 25.5. The number of aliphatic hydroxyl groups excluding tert-OH is 1. The number of aromatic nitrogens is 2. The molecule has 3 rings (SSSR count). The van der Waals surface area contributed by atoms with Gasteiger partial charge in [0.15, 0.2) is 0 Å². The first-order valence-corrected chi connectivity index (χ1v) is 11.6. The third-order valence-corrected chi connectivity index (χ3v) is 5.35. The van der Waals surface area contributed by atoms with E-state index in [-0.39, 0.29) is 6.61 Å². The molecule has 3 aromatic rings. The Morgan fingerprint density at radius 2 is 1.82 bits per heavy atom. The molecule has 1 heterocycles. The number of hydrogen-bond donors (Lipinski definition) is 1. The van der Waals surface area contributed by atoms with Crippen molar-refractivity contribution in [3.8, 4) is 23.1 Å². The number of ether oxygens (including phenoxy) is 3. The second-order valence-corrected chi connectivity index (χ2v) is 8.11. The zero-order valence-corrected chi connectivity index (χ0v) is 20.3. The number of aliphatic hydroxyl groups is 1. The molecule has 34 heavy (non-hydrogen) atoms. The average Bonchev–Trinajstić information content (AvgIpc) is 3.15. The highest BCUT2D eigenvalue weighted by molar-refractivity contribution is 5.44. The van der Waals surface area contributed by atoms with Crippen LogP contribution in [0.4, 0.5) is 0 Å². The first-order chi connectivity index (χ1) is 16.5. The molecule has 0 bridgehead atoms. The normalized spacial score (nSPS) is 12.0. The van der Waals surface area contributed by atoms with E-state index in [4.69, 9.17) is 19.3 Å². The third kappa shape index (κ3) is 6.93. The number of nitrogens with zero attached hydrogens (tertiary/aromatic N) is 3. The van der Waals surface area contributed by atoms with Crippen LogP contribution >= 0.6 is 0 Å². The van der Waals surface area contributed by atoms with Crippen LogP contribution in [0.1, 0.15) is 24.6 Å². The van der Waals surface area contributed by atoms with Gasteiger partial charge in [-0.2, -0.15) is 5.10 Å². The Hall–Kier alpha value is -3.13. The van der Waals surface area contributed by atoms with Gasteiger partial charge < -0.3 is 19.3 Å². The van der Waals surface area contributed by atoms with E-state index in [1.807, 2.05) is 66.2 Å². The molecule has 0 saturated heterocycles. The van der Waals surface area contributed by atoms with Crippen LogP contribution in [0.25, 0.3) is 5.69 Å². The number of hydrogen-bond acceptors (Lipinski definition) is 6. The van der Waals surface area contributed by atoms with Crippen molar-refractivity contribution in [1.82, 2.24) is 14.7 Å². The molecule has 0 spiro atoms. The van der Waals surface area contributed by atoms with Crippen LogP contribution in [0.5, 0.6) is 17.4 Å². The van der Waals surface area contributed by atoms with Crippen LogP contribution in [-0.4, -0.2) is 59.3 Å². The molecule has 7 nitrogen and oxygen atoms in total. The molecule has 0 aliphatic heterocycles. The molecule has 0 amide bonds. The van der Waals surface area contributed by atoms with Gasteiger partial charge in [-0.15, -0.1) is 6.58 Å². The van der Waals surface area contributed by atoms with Crippen molar-refractivity contribution in [1.29, 1.82) is 0 Å². The van der Waals surface area contributed by atoms with Gasteiger partial charge in [0.05, 0.1) is 43.4 Å². The smallest absolute Gasteiger partial charge is 0.227 e. The van der Waals surface area contributed by atoms with Gasteiger partial charge >= 0.3 is 0 Å². The second-order valence-electron chi connectivity index (χ2n) is 8.11. The van der Waals surface area contributed by atoms with Crippen molar-refractivity contribution in [3.63, 3.8) is 0 Å². The molecular formula is C27H35N3O4. The zero-order valence-electron chi connectivity index (χ0n) is 20.3. The minimum atomic E-state index is -0.595. The fourth-order valence-electron chi connectivity index (χ4n) is 3.74. The molecule has 1 N–H and O–H groups in total. The molecule has 0 fully saturated rings. The van der Waals surface area contributed by atoms with Crippen LogP contribution in [0, 0.1) is 6.92 Å². The van der Waals surface area contributed by atoms with Gasteiger partial charge in [0.2, 0.25) is 5.88 Å². The van der Waals surface area contributed by atoms with Crippen molar-refractivity contribution in [2.75, 3.05) is 33.4 Å². The van der Waals surface area contributed by atoms with Crippen molar-refractivity contribution < 1.29 is 19.3 Å². The average molecular weight is 466 g/mol. The van der Waals surface area contributed by atoms with Crippen LogP contribution in [0.3, 0.4) is 0 Å². The van der Waals surface area contributed by atoms with E-state index in [2.05, 4.69) is 18.4 Å². The lowest BCUT2D eigenvalue weighted by Crippen LogP contribution is -2.35. The standard InChI is InChI=1S/C27H35N3O4/c1-5-16-29(18-23(31)20-33-17-6-2)19-26-21(3)28-30(22-10-8-7-9-11-22)27(26)34-25-14-12-24(32-4)13-15-25/h6-15,23,31H,2,5,16-20H2,1,3-4H3/t23-/m1/s1. The minimum Gasteiger partial charge on any atom is -0.497 e. The Balaban J connectivity index is 1.91. The summed E-state index contributed by atoms with van der Waals surface area (Å²) in [4.78, 5) is 2.21. The summed E-state index contributed by atoms with van der Waals surface area (Å²) in [5, 5.41) is 15.3. The molecule has 2 aromatic carbocycles. The summed E-state index contributed by atoms with van der Waals surface area (Å²) in [5.74, 6) is 2.12. The molecule has 0 saturated carbocycles. The molecular weight excluding hydrogens is 430 g/mol. The number of aryl methyl sites for hydroxylation is 1. The first-order valence-electron chi connectivity index (χ1n) is 11.6. The topological polar surface area (TPSA) is 69.0 Å². The lowest BCUT2D eigenvalue weighted by molar-refractivity contribution is 0.0244. The van der Waals surface area contributed by atoms with Crippen molar-refractivity contribution in [2.45, 2.75) is 32.9 Å². The highest BCUT2D eigenvalue weighted by atomic mass is 16.5. The summed E-state index contributed by atoms with van der Waals surface area (Å²) < 4.78 is 18.9. The summed E-state index contributed by atoms with van der Waals surface area (Å²) in [5.41, 5.74) is 2.78. The minimum absolute atomic E-state index is 0.268. The van der Waals surface area contributed by atoms with Crippen LogP contribution in [-0.2, 0) is 11.3 Å². The van der Waals surface area contributed by atoms with Gasteiger partial charge in [-0.1, -0.05) is 31.2 Å². The number of methoxy groups -OCH3 is 1. The highest BCUT2D eigenvalue weighted by Crippen LogP contribution is 2.32. The van der Waals surface area contributed by atoms with E-state index in [0.29, 0.717) is 31.3 Å². The number of benzene rings is 2. The SMILES string of the molecule is C=CCOC[C@H](O)CN(CCC)Cc1c(C)nn(-c2ccccc2)c1Oc1ccc(OC)cc1. The Bertz CT molecular complexity index is 1020. The van der Waals surface area contributed by atoms with Gasteiger partial charge in [0, 0.05) is 13.1 Å². The Morgan fingerprint density at radius 3 is 2.47 bits per heavy atom. The van der Waals surface area contributed by atoms with E-state index in [1.165, 1.54) is 0 Å². The van der Waals surface area contributed by atoms with E-state index in [1.54, 1.807) is 13.2 Å². The van der Waals surface area contributed by atoms with Crippen molar-refractivity contribution >= 4 is 0 Å². The van der Waals surface area contributed by atoms with Crippen molar-refractivity contribution in [2.24, 2.45) is 0 Å². The van der Waals surface area contributed by atoms with Gasteiger partial charge in [-0.3, -0.25) is 4.90 Å². The summed E-state index contributed by atoms with van der Waals surface area (Å²) in [7, 11) is 1.64. The predicted octanol–water partition coefficient (Wildman–Crippen LogP) is 4.76. The molecule has 182 valence electrons. The lowest BCUT2D eigenvalue weighted by Gasteiger charge is -2.25. The predicted molar refractivity (Wildman–Crippen MR) is 134 cm³/mol. The van der Waals surface area contributed by atoms with Gasteiger partial charge in [0.25, 0.3) is 0 Å². The summed E-state index contributed by atoms with van der Waals surface area (Å²) in [6.07, 6.45) is 2.04. The van der Waals surface area contributed by atoms with E-state index >= 15 is 0 Å². The third-order valence-electron chi connectivity index (χ3n) is 5.35. The Morgan fingerprint density at radius 1 is 1.12 bits per heavy atom. The van der Waals surface area contributed by atoms with Crippen molar-refractivity contribution in [3.05, 3.63) is 78.5 Å². The fourth-order valence-corrected chi connectivity index (χ4v) is 3.74. The summed E-state index contributed by atoms with van der Waals surface area (Å²) >= 11 is 0. The largest absolute Gasteiger partial charge is 0.497 e. The Kier molecular flexibility index (Phi) is 9.70. The molecule has 0 aliphatic rings. The molecule has 0 radical (unpaired) electrons. The summed E-state index contributed by atoms with van der Waals surface area (Å²) in [6.45, 7) is 10.4. The molecule has 1 atom stereocenters. The molecule has 0 unspecified atom stereocenters. The number of rotatable bonds is 14. The molecule has 7 heteroatoms. The highest BCUT2D eigenvalue weighted by Gasteiger charge is 2.22. The summed E-state index contributed by atoms with van der Waals surface area (Å²) in [6, 6.07) is 17.4. The maximum atomic E-state index is 10.5. The molecule has 1 aromatic heterocycles.